The van der Waals surface area contributed by atoms with Crippen LogP contribution in [0.2, 0.25) is 0 Å². The second-order valence-corrected chi connectivity index (χ2v) is 4.02. The lowest BCUT2D eigenvalue weighted by Crippen LogP contribution is -2.30. The summed E-state index contributed by atoms with van der Waals surface area (Å²) in [5, 5.41) is 9.10. The third-order valence-electron chi connectivity index (χ3n) is 2.92. The summed E-state index contributed by atoms with van der Waals surface area (Å²) in [5.74, 6) is 0. The van der Waals surface area contributed by atoms with Gasteiger partial charge in [-0.1, -0.05) is 19.1 Å². The zero-order valence-electron chi connectivity index (χ0n) is 9.16. The van der Waals surface area contributed by atoms with E-state index in [0.717, 1.165) is 31.5 Å². The fourth-order valence-corrected chi connectivity index (χ4v) is 2.32. The Morgan fingerprint density at radius 3 is 3.07 bits per heavy atom. The van der Waals surface area contributed by atoms with Crippen molar-refractivity contribution in [3.63, 3.8) is 0 Å². The first-order valence-electron chi connectivity index (χ1n) is 5.63. The van der Waals surface area contributed by atoms with Crippen LogP contribution in [0.15, 0.2) is 18.2 Å². The molecule has 15 heavy (non-hydrogen) atoms. The van der Waals surface area contributed by atoms with Crippen LogP contribution in [-0.4, -0.2) is 13.1 Å². The number of benzene rings is 1. The monoisotopic (exact) mass is 200 g/mol. The highest BCUT2D eigenvalue weighted by atomic mass is 15.1. The molecule has 0 saturated carbocycles. The molecule has 0 aromatic heterocycles. The second-order valence-electron chi connectivity index (χ2n) is 4.02. The number of nitriles is 1. The van der Waals surface area contributed by atoms with Gasteiger partial charge in [0.05, 0.1) is 11.3 Å². The van der Waals surface area contributed by atoms with Gasteiger partial charge in [0.1, 0.15) is 6.07 Å². The van der Waals surface area contributed by atoms with Gasteiger partial charge in [-0.3, -0.25) is 0 Å². The molecule has 0 aliphatic carbocycles. The van der Waals surface area contributed by atoms with Crippen LogP contribution in [0, 0.1) is 11.3 Å². The van der Waals surface area contributed by atoms with Crippen molar-refractivity contribution < 1.29 is 0 Å². The maximum absolute atomic E-state index is 9.10. The molecule has 0 radical (unpaired) electrons. The summed E-state index contributed by atoms with van der Waals surface area (Å²) in [6, 6.07) is 8.37. The van der Waals surface area contributed by atoms with E-state index in [2.05, 4.69) is 24.0 Å². The summed E-state index contributed by atoms with van der Waals surface area (Å²) in [7, 11) is 0. The Morgan fingerprint density at radius 2 is 2.33 bits per heavy atom. The van der Waals surface area contributed by atoms with E-state index in [4.69, 9.17) is 5.26 Å². The van der Waals surface area contributed by atoms with Crippen LogP contribution in [-0.2, 0) is 6.42 Å². The maximum Gasteiger partial charge on any atom is 0.101 e. The normalized spacial score (nSPS) is 14.5. The van der Waals surface area contributed by atoms with E-state index in [-0.39, 0.29) is 0 Å². The molecule has 2 heteroatoms. The van der Waals surface area contributed by atoms with E-state index in [1.807, 2.05) is 12.1 Å². The third-order valence-corrected chi connectivity index (χ3v) is 2.92. The Bertz CT molecular complexity index is 390. The van der Waals surface area contributed by atoms with E-state index >= 15 is 0 Å². The van der Waals surface area contributed by atoms with Crippen LogP contribution in [0.5, 0.6) is 0 Å². The molecule has 0 bridgehead atoms. The lowest BCUT2D eigenvalue weighted by Gasteiger charge is -2.31. The highest BCUT2D eigenvalue weighted by molar-refractivity contribution is 5.65. The molecular weight excluding hydrogens is 184 g/mol. The van der Waals surface area contributed by atoms with Crippen LogP contribution in [0.1, 0.15) is 30.9 Å². The van der Waals surface area contributed by atoms with Crippen LogP contribution >= 0.6 is 0 Å². The SMILES string of the molecule is CCCN1CCCc2cccc(C#N)c21. The molecule has 78 valence electrons. The molecule has 0 atom stereocenters. The molecule has 1 aliphatic rings. The van der Waals surface area contributed by atoms with Crippen molar-refractivity contribution in [2.45, 2.75) is 26.2 Å². The molecule has 0 spiro atoms. The summed E-state index contributed by atoms with van der Waals surface area (Å²) in [5.41, 5.74) is 3.36. The van der Waals surface area contributed by atoms with Gasteiger partial charge in [-0.05, 0) is 30.9 Å². The van der Waals surface area contributed by atoms with Gasteiger partial charge in [0.2, 0.25) is 0 Å². The van der Waals surface area contributed by atoms with Gasteiger partial charge >= 0.3 is 0 Å². The summed E-state index contributed by atoms with van der Waals surface area (Å²) in [6.45, 7) is 4.34. The van der Waals surface area contributed by atoms with E-state index in [1.54, 1.807) is 0 Å². The minimum absolute atomic E-state index is 0.834. The number of nitrogens with zero attached hydrogens (tertiary/aromatic N) is 2. The summed E-state index contributed by atoms with van der Waals surface area (Å²) in [4.78, 5) is 2.36. The zero-order valence-corrected chi connectivity index (χ0v) is 9.16. The predicted molar refractivity (Wildman–Crippen MR) is 62.0 cm³/mol. The van der Waals surface area contributed by atoms with E-state index in [9.17, 15) is 0 Å². The molecule has 0 saturated heterocycles. The topological polar surface area (TPSA) is 27.0 Å². The molecule has 1 aromatic rings. The van der Waals surface area contributed by atoms with Crippen LogP contribution < -0.4 is 4.90 Å². The second kappa shape index (κ2) is 4.35. The van der Waals surface area contributed by atoms with Crippen molar-refractivity contribution in [3.8, 4) is 6.07 Å². The summed E-state index contributed by atoms with van der Waals surface area (Å²) < 4.78 is 0. The average Bonchev–Trinajstić information content (AvgIpc) is 2.29. The molecular formula is C13H16N2. The Hall–Kier alpha value is -1.49. The van der Waals surface area contributed by atoms with Crippen molar-refractivity contribution >= 4 is 5.69 Å². The molecule has 1 heterocycles. The first kappa shape index (κ1) is 10.0. The average molecular weight is 200 g/mol. The number of anilines is 1. The standard InChI is InChI=1S/C13H16N2/c1-2-8-15-9-4-7-11-5-3-6-12(10-14)13(11)15/h3,5-6H,2,4,7-9H2,1H3. The Morgan fingerprint density at radius 1 is 1.47 bits per heavy atom. The van der Waals surface area contributed by atoms with Gasteiger partial charge in [-0.25, -0.2) is 0 Å². The van der Waals surface area contributed by atoms with Crippen molar-refractivity contribution in [2.24, 2.45) is 0 Å². The highest BCUT2D eigenvalue weighted by Gasteiger charge is 2.18. The largest absolute Gasteiger partial charge is 0.370 e. The van der Waals surface area contributed by atoms with Gasteiger partial charge in [0.25, 0.3) is 0 Å². The number of hydrogen-bond donors (Lipinski definition) is 0. The smallest absolute Gasteiger partial charge is 0.101 e. The molecule has 0 amide bonds. The Kier molecular flexibility index (Phi) is 2.91. The van der Waals surface area contributed by atoms with E-state index in [0.29, 0.717) is 0 Å². The Balaban J connectivity index is 2.44. The van der Waals surface area contributed by atoms with Gasteiger partial charge < -0.3 is 4.90 Å². The number of para-hydroxylation sites is 1. The molecule has 0 N–H and O–H groups in total. The summed E-state index contributed by atoms with van der Waals surface area (Å²) >= 11 is 0. The minimum Gasteiger partial charge on any atom is -0.370 e. The third kappa shape index (κ3) is 1.83. The predicted octanol–water partition coefficient (Wildman–Crippen LogP) is 2.72. The van der Waals surface area contributed by atoms with Crippen molar-refractivity contribution in [1.29, 1.82) is 5.26 Å². The number of aryl methyl sites for hydroxylation is 1. The fraction of sp³-hybridized carbons (Fsp3) is 0.462. The fourth-order valence-electron chi connectivity index (χ4n) is 2.32. The molecule has 1 aromatic carbocycles. The van der Waals surface area contributed by atoms with Crippen molar-refractivity contribution in [2.75, 3.05) is 18.0 Å². The minimum atomic E-state index is 0.834. The van der Waals surface area contributed by atoms with E-state index in [1.165, 1.54) is 17.7 Å². The molecule has 1 aliphatic heterocycles. The van der Waals surface area contributed by atoms with Crippen LogP contribution in [0.3, 0.4) is 0 Å². The quantitative estimate of drug-likeness (QED) is 0.734. The maximum atomic E-state index is 9.10. The van der Waals surface area contributed by atoms with Gasteiger partial charge in [0.15, 0.2) is 0 Å². The van der Waals surface area contributed by atoms with Crippen LogP contribution in [0.4, 0.5) is 5.69 Å². The van der Waals surface area contributed by atoms with Crippen molar-refractivity contribution in [3.05, 3.63) is 29.3 Å². The van der Waals surface area contributed by atoms with Gasteiger partial charge in [-0.15, -0.1) is 0 Å². The van der Waals surface area contributed by atoms with Crippen molar-refractivity contribution in [1.82, 2.24) is 0 Å². The first-order chi connectivity index (χ1) is 7.36. The zero-order chi connectivity index (χ0) is 10.7. The van der Waals surface area contributed by atoms with Crippen LogP contribution in [0.25, 0.3) is 0 Å². The lowest BCUT2D eigenvalue weighted by molar-refractivity contribution is 0.680. The molecule has 0 unspecified atom stereocenters. The van der Waals surface area contributed by atoms with Gasteiger partial charge in [0, 0.05) is 13.1 Å². The molecule has 2 rings (SSSR count). The first-order valence-corrected chi connectivity index (χ1v) is 5.63. The van der Waals surface area contributed by atoms with Gasteiger partial charge in [-0.2, -0.15) is 5.26 Å². The lowest BCUT2D eigenvalue weighted by atomic mass is 9.98. The highest BCUT2D eigenvalue weighted by Crippen LogP contribution is 2.30. The number of hydrogen-bond acceptors (Lipinski definition) is 2. The Labute approximate surface area is 91.1 Å². The number of rotatable bonds is 2. The van der Waals surface area contributed by atoms with E-state index < -0.39 is 0 Å². The molecule has 2 nitrogen and oxygen atoms in total. The molecule has 0 fully saturated rings. The number of fused-ring (bicyclic) bond motifs is 1. The summed E-state index contributed by atoms with van der Waals surface area (Å²) in [6.07, 6.45) is 3.46.